The topological polar surface area (TPSA) is 38.3 Å². The Balaban J connectivity index is 1.98. The van der Waals surface area contributed by atoms with Gasteiger partial charge in [0.2, 0.25) is 0 Å². The molecule has 2 rings (SSSR count). The second kappa shape index (κ2) is 6.87. The second-order valence-electron chi connectivity index (χ2n) is 4.64. The lowest BCUT2D eigenvalue weighted by molar-refractivity contribution is 0.0950. The molecule has 3 nitrogen and oxygen atoms in total. The van der Waals surface area contributed by atoms with Crippen LogP contribution < -0.4 is 10.1 Å². The summed E-state index contributed by atoms with van der Waals surface area (Å²) < 4.78 is 5.30. The number of benzene rings is 2. The molecule has 0 heterocycles. The normalized spacial score (nSPS) is 11.9. The van der Waals surface area contributed by atoms with Gasteiger partial charge < -0.3 is 10.1 Å². The van der Waals surface area contributed by atoms with Crippen LogP contribution in [-0.4, -0.2) is 18.9 Å². The molecule has 104 valence electrons. The van der Waals surface area contributed by atoms with Gasteiger partial charge in [-0.2, -0.15) is 0 Å². The molecule has 0 saturated heterocycles. The Labute approximate surface area is 119 Å². The van der Waals surface area contributed by atoms with E-state index in [2.05, 4.69) is 5.32 Å². The van der Waals surface area contributed by atoms with Crippen LogP contribution in [0.1, 0.15) is 22.8 Å². The van der Waals surface area contributed by atoms with Gasteiger partial charge in [0, 0.05) is 17.7 Å². The van der Waals surface area contributed by atoms with E-state index >= 15 is 0 Å². The van der Waals surface area contributed by atoms with Crippen LogP contribution in [0.2, 0.25) is 0 Å². The first kappa shape index (κ1) is 14.3. The number of Topliss-reactive ketones (excluding diaryl/α,β-unsaturated/α-hetero) is 1. The maximum atomic E-state index is 12.2. The Kier molecular flexibility index (Phi) is 4.91. The van der Waals surface area contributed by atoms with Crippen molar-refractivity contribution in [2.45, 2.75) is 19.5 Å². The number of methoxy groups -OCH3 is 1. The third-order valence-electron chi connectivity index (χ3n) is 3.24. The van der Waals surface area contributed by atoms with Gasteiger partial charge in [-0.1, -0.05) is 48.5 Å². The van der Waals surface area contributed by atoms with Crippen LogP contribution in [0.25, 0.3) is 0 Å². The molecule has 0 radical (unpaired) electrons. The summed E-state index contributed by atoms with van der Waals surface area (Å²) in [6.45, 7) is 2.48. The minimum absolute atomic E-state index is 0.0977. The molecule has 0 amide bonds. The van der Waals surface area contributed by atoms with Crippen molar-refractivity contribution in [3.63, 3.8) is 0 Å². The van der Waals surface area contributed by atoms with E-state index in [9.17, 15) is 4.79 Å². The summed E-state index contributed by atoms with van der Waals surface area (Å²) in [5.74, 6) is 0.930. The van der Waals surface area contributed by atoms with E-state index < -0.39 is 0 Å². The molecular formula is C17H19NO2. The molecule has 2 aromatic carbocycles. The Morgan fingerprint density at radius 2 is 1.75 bits per heavy atom. The van der Waals surface area contributed by atoms with Gasteiger partial charge in [0.15, 0.2) is 5.78 Å². The second-order valence-corrected chi connectivity index (χ2v) is 4.64. The number of carbonyl (C=O) groups excluding carboxylic acids is 1. The molecule has 20 heavy (non-hydrogen) atoms. The molecule has 1 N–H and O–H groups in total. The molecule has 0 aromatic heterocycles. The Morgan fingerprint density at radius 1 is 1.10 bits per heavy atom. The van der Waals surface area contributed by atoms with Crippen molar-refractivity contribution in [3.05, 3.63) is 65.7 Å². The van der Waals surface area contributed by atoms with Crippen molar-refractivity contribution in [2.24, 2.45) is 0 Å². The Bertz CT molecular complexity index is 566. The molecular weight excluding hydrogens is 250 g/mol. The molecule has 1 atom stereocenters. The largest absolute Gasteiger partial charge is 0.496 e. The lowest BCUT2D eigenvalue weighted by Crippen LogP contribution is -2.33. The van der Waals surface area contributed by atoms with Crippen LogP contribution >= 0.6 is 0 Å². The average molecular weight is 269 g/mol. The highest BCUT2D eigenvalue weighted by Crippen LogP contribution is 2.17. The average Bonchev–Trinajstić information content (AvgIpc) is 2.53. The van der Waals surface area contributed by atoms with Gasteiger partial charge >= 0.3 is 0 Å². The fourth-order valence-corrected chi connectivity index (χ4v) is 2.06. The van der Waals surface area contributed by atoms with Gasteiger partial charge in [-0.3, -0.25) is 4.79 Å². The lowest BCUT2D eigenvalue weighted by Gasteiger charge is -2.14. The number of para-hydroxylation sites is 1. The van der Waals surface area contributed by atoms with Crippen molar-refractivity contribution < 1.29 is 9.53 Å². The third-order valence-corrected chi connectivity index (χ3v) is 3.24. The van der Waals surface area contributed by atoms with Gasteiger partial charge in [0.05, 0.1) is 13.2 Å². The monoisotopic (exact) mass is 269 g/mol. The smallest absolute Gasteiger partial charge is 0.179 e. The van der Waals surface area contributed by atoms with Crippen LogP contribution in [-0.2, 0) is 6.54 Å². The number of carbonyl (C=O) groups is 1. The lowest BCUT2D eigenvalue weighted by atomic mass is 10.1. The zero-order chi connectivity index (χ0) is 14.4. The minimum Gasteiger partial charge on any atom is -0.496 e. The van der Waals surface area contributed by atoms with E-state index in [4.69, 9.17) is 4.74 Å². The van der Waals surface area contributed by atoms with Gasteiger partial charge in [0.1, 0.15) is 5.75 Å². The summed E-state index contributed by atoms with van der Waals surface area (Å²) in [5.41, 5.74) is 1.77. The maximum Gasteiger partial charge on any atom is 0.179 e. The van der Waals surface area contributed by atoms with Gasteiger partial charge in [0.25, 0.3) is 0 Å². The highest BCUT2D eigenvalue weighted by Gasteiger charge is 2.14. The van der Waals surface area contributed by atoms with E-state index in [0.29, 0.717) is 6.54 Å². The van der Waals surface area contributed by atoms with Crippen molar-refractivity contribution in [1.29, 1.82) is 0 Å². The molecule has 0 fully saturated rings. The number of hydrogen-bond acceptors (Lipinski definition) is 3. The first-order valence-corrected chi connectivity index (χ1v) is 6.67. The zero-order valence-electron chi connectivity index (χ0n) is 11.8. The molecule has 0 saturated carbocycles. The van der Waals surface area contributed by atoms with Crippen molar-refractivity contribution in [2.75, 3.05) is 7.11 Å². The molecule has 2 aromatic rings. The molecule has 0 aliphatic rings. The summed E-state index contributed by atoms with van der Waals surface area (Å²) in [7, 11) is 1.65. The molecule has 0 spiro atoms. The van der Waals surface area contributed by atoms with Crippen LogP contribution in [0.15, 0.2) is 54.6 Å². The van der Waals surface area contributed by atoms with Crippen LogP contribution in [0.4, 0.5) is 0 Å². The number of nitrogens with one attached hydrogen (secondary N) is 1. The van der Waals surface area contributed by atoms with E-state index in [1.807, 2.05) is 61.5 Å². The van der Waals surface area contributed by atoms with E-state index in [-0.39, 0.29) is 11.8 Å². The number of ether oxygens (including phenoxy) is 1. The fourth-order valence-electron chi connectivity index (χ4n) is 2.06. The SMILES string of the molecule is COc1ccccc1CNC(C)C(=O)c1ccccc1. The summed E-state index contributed by atoms with van der Waals surface area (Å²) in [6, 6.07) is 16.9. The molecule has 0 aliphatic carbocycles. The van der Waals surface area contributed by atoms with Gasteiger partial charge in [-0.15, -0.1) is 0 Å². The quantitative estimate of drug-likeness (QED) is 0.819. The van der Waals surface area contributed by atoms with Gasteiger partial charge in [-0.05, 0) is 13.0 Å². The number of rotatable bonds is 6. The first-order chi connectivity index (χ1) is 9.72. The standard InChI is InChI=1S/C17H19NO2/c1-13(17(19)14-8-4-3-5-9-14)18-12-15-10-6-7-11-16(15)20-2/h3-11,13,18H,12H2,1-2H3. The third kappa shape index (κ3) is 3.45. The van der Waals surface area contributed by atoms with E-state index in [1.165, 1.54) is 0 Å². The molecule has 0 aliphatic heterocycles. The fraction of sp³-hybridized carbons (Fsp3) is 0.235. The summed E-state index contributed by atoms with van der Waals surface area (Å²) >= 11 is 0. The van der Waals surface area contributed by atoms with Crippen molar-refractivity contribution in [3.8, 4) is 5.75 Å². The molecule has 0 bridgehead atoms. The van der Waals surface area contributed by atoms with E-state index in [0.717, 1.165) is 16.9 Å². The number of hydrogen-bond donors (Lipinski definition) is 1. The summed E-state index contributed by atoms with van der Waals surface area (Å²) in [5, 5.41) is 3.24. The van der Waals surface area contributed by atoms with Gasteiger partial charge in [-0.25, -0.2) is 0 Å². The van der Waals surface area contributed by atoms with Crippen LogP contribution in [0, 0.1) is 0 Å². The minimum atomic E-state index is -0.234. The Hall–Kier alpha value is -2.13. The highest BCUT2D eigenvalue weighted by atomic mass is 16.5. The molecule has 3 heteroatoms. The van der Waals surface area contributed by atoms with Crippen molar-refractivity contribution in [1.82, 2.24) is 5.32 Å². The summed E-state index contributed by atoms with van der Waals surface area (Å²) in [6.07, 6.45) is 0. The van der Waals surface area contributed by atoms with Crippen LogP contribution in [0.3, 0.4) is 0 Å². The Morgan fingerprint density at radius 3 is 2.45 bits per heavy atom. The summed E-state index contributed by atoms with van der Waals surface area (Å²) in [4.78, 5) is 12.2. The van der Waals surface area contributed by atoms with Crippen molar-refractivity contribution >= 4 is 5.78 Å². The highest BCUT2D eigenvalue weighted by molar-refractivity contribution is 5.99. The van der Waals surface area contributed by atoms with E-state index in [1.54, 1.807) is 7.11 Å². The maximum absolute atomic E-state index is 12.2. The number of ketones is 1. The van der Waals surface area contributed by atoms with Crippen LogP contribution in [0.5, 0.6) is 5.75 Å². The molecule has 1 unspecified atom stereocenters. The predicted octanol–water partition coefficient (Wildman–Crippen LogP) is 3.06. The zero-order valence-corrected chi connectivity index (χ0v) is 11.8. The first-order valence-electron chi connectivity index (χ1n) is 6.67. The predicted molar refractivity (Wildman–Crippen MR) is 80.1 cm³/mol.